The van der Waals surface area contributed by atoms with E-state index in [1.807, 2.05) is 77.7 Å². The number of amides is 2. The number of fused-ring (bicyclic) bond motifs is 4. The molecule has 1 aliphatic heterocycles. The number of benzene rings is 4. The van der Waals surface area contributed by atoms with E-state index in [0.29, 0.717) is 75.4 Å². The summed E-state index contributed by atoms with van der Waals surface area (Å²) in [6.07, 6.45) is 1.68. The number of methoxy groups -OCH3 is 2. The fourth-order valence-electron chi connectivity index (χ4n) is 7.10. The molecule has 6 aromatic rings. The van der Waals surface area contributed by atoms with Crippen LogP contribution in [0, 0.1) is 0 Å². The van der Waals surface area contributed by atoms with Gasteiger partial charge in [0.05, 0.1) is 60.9 Å². The molecule has 0 atom stereocenters. The highest BCUT2D eigenvalue weighted by molar-refractivity contribution is 6.32. The first-order chi connectivity index (χ1) is 26.8. The number of morpholine rings is 1. The number of pyridine rings is 2. The summed E-state index contributed by atoms with van der Waals surface area (Å²) in [5.41, 5.74) is 5.09. The fourth-order valence-corrected chi connectivity index (χ4v) is 7.43. The summed E-state index contributed by atoms with van der Waals surface area (Å²) in [6, 6.07) is 23.0. The van der Waals surface area contributed by atoms with Crippen LogP contribution in [0.3, 0.4) is 0 Å². The topological polar surface area (TPSA) is 118 Å². The van der Waals surface area contributed by atoms with Crippen LogP contribution < -0.4 is 20.1 Å². The Hall–Kier alpha value is -5.10. The summed E-state index contributed by atoms with van der Waals surface area (Å²) in [5.74, 6) is 1.41. The maximum atomic E-state index is 13.8. The van der Waals surface area contributed by atoms with Gasteiger partial charge in [0.15, 0.2) is 0 Å². The molecule has 1 saturated heterocycles. The Kier molecular flexibility index (Phi) is 12.2. The Morgan fingerprint density at radius 3 is 1.69 bits per heavy atom. The van der Waals surface area contributed by atoms with Crippen molar-refractivity contribution in [2.24, 2.45) is 0 Å². The molecular weight excluding hydrogens is 739 g/mol. The number of halogens is 2. The van der Waals surface area contributed by atoms with Crippen molar-refractivity contribution in [2.45, 2.75) is 25.7 Å². The van der Waals surface area contributed by atoms with Crippen LogP contribution in [-0.4, -0.2) is 98.3 Å². The normalized spacial score (nSPS) is 13.1. The minimum Gasteiger partial charge on any atom is -0.497 e. The van der Waals surface area contributed by atoms with Crippen molar-refractivity contribution in [1.82, 2.24) is 19.8 Å². The van der Waals surface area contributed by atoms with Crippen LogP contribution in [0.5, 0.6) is 11.5 Å². The maximum absolute atomic E-state index is 13.8. The van der Waals surface area contributed by atoms with Gasteiger partial charge in [-0.2, -0.15) is 0 Å². The number of hydrogen-bond donors (Lipinski definition) is 2. The molecule has 4 aromatic carbocycles. The van der Waals surface area contributed by atoms with Gasteiger partial charge in [0, 0.05) is 83.7 Å². The predicted octanol–water partition coefficient (Wildman–Crippen LogP) is 8.19. The Balaban J connectivity index is 1.06. The second kappa shape index (κ2) is 17.6. The second-order valence-electron chi connectivity index (χ2n) is 13.5. The molecule has 1 fully saturated rings. The molecule has 286 valence electrons. The minimum absolute atomic E-state index is 0.0149. The predicted molar refractivity (Wildman–Crippen MR) is 221 cm³/mol. The van der Waals surface area contributed by atoms with Crippen LogP contribution in [-0.2, 0) is 14.3 Å². The first kappa shape index (κ1) is 38.2. The number of rotatable bonds is 15. The molecule has 3 heterocycles. The first-order valence-corrected chi connectivity index (χ1v) is 19.3. The molecule has 55 heavy (non-hydrogen) atoms. The smallest absolute Gasteiger partial charge is 0.223 e. The van der Waals surface area contributed by atoms with Gasteiger partial charge < -0.3 is 34.6 Å². The fraction of sp³-hybridized carbons (Fsp3) is 0.333. The molecule has 0 radical (unpaired) electrons. The van der Waals surface area contributed by atoms with Crippen molar-refractivity contribution < 1.29 is 23.8 Å². The van der Waals surface area contributed by atoms with Crippen LogP contribution in [0.25, 0.3) is 43.6 Å². The van der Waals surface area contributed by atoms with Gasteiger partial charge in [-0.3, -0.25) is 9.59 Å². The summed E-state index contributed by atoms with van der Waals surface area (Å²) in [6.45, 7) is 4.40. The minimum atomic E-state index is -0.0417. The monoisotopic (exact) mass is 782 g/mol. The van der Waals surface area contributed by atoms with Crippen molar-refractivity contribution in [3.05, 3.63) is 82.8 Å². The van der Waals surface area contributed by atoms with E-state index >= 15 is 0 Å². The van der Waals surface area contributed by atoms with Crippen molar-refractivity contribution in [1.29, 1.82) is 0 Å². The number of ether oxygens (including phenoxy) is 3. The second-order valence-corrected chi connectivity index (χ2v) is 14.4. The number of hydrogen-bond acceptors (Lipinski definition) is 9. The highest BCUT2D eigenvalue weighted by Crippen LogP contribution is 2.36. The number of nitrogens with one attached hydrogen (secondary N) is 2. The number of carbonyl (C=O) groups is 2. The molecular formula is C42H44Cl2N6O5. The average molecular weight is 784 g/mol. The lowest BCUT2D eigenvalue weighted by molar-refractivity contribution is -0.139. The third-order valence-corrected chi connectivity index (χ3v) is 10.4. The van der Waals surface area contributed by atoms with Gasteiger partial charge >= 0.3 is 0 Å². The van der Waals surface area contributed by atoms with E-state index in [9.17, 15) is 9.59 Å². The summed E-state index contributed by atoms with van der Waals surface area (Å²) in [7, 11) is 3.29. The van der Waals surface area contributed by atoms with E-state index in [4.69, 9.17) is 47.4 Å². The van der Waals surface area contributed by atoms with Crippen molar-refractivity contribution in [3.8, 4) is 11.5 Å². The highest BCUT2D eigenvalue weighted by atomic mass is 35.5. The first-order valence-electron chi connectivity index (χ1n) is 18.6. The largest absolute Gasteiger partial charge is 0.497 e. The molecule has 2 aromatic heterocycles. The van der Waals surface area contributed by atoms with Gasteiger partial charge in [0.2, 0.25) is 11.8 Å². The zero-order valence-corrected chi connectivity index (χ0v) is 32.5. The van der Waals surface area contributed by atoms with Crippen LogP contribution in [0.2, 0.25) is 10.0 Å². The zero-order chi connectivity index (χ0) is 38.3. The number of anilines is 2. The van der Waals surface area contributed by atoms with Crippen LogP contribution in [0.4, 0.5) is 11.4 Å². The number of carbonyl (C=O) groups excluding carboxylic acids is 2. The van der Waals surface area contributed by atoms with E-state index in [-0.39, 0.29) is 24.7 Å². The third kappa shape index (κ3) is 8.91. The number of aromatic nitrogens is 2. The molecule has 7 rings (SSSR count). The summed E-state index contributed by atoms with van der Waals surface area (Å²) in [5, 5.41) is 12.3. The lowest BCUT2D eigenvalue weighted by atomic mass is 10.1. The van der Waals surface area contributed by atoms with E-state index in [0.717, 1.165) is 66.5 Å². The summed E-state index contributed by atoms with van der Waals surface area (Å²) >= 11 is 12.7. The summed E-state index contributed by atoms with van der Waals surface area (Å²) < 4.78 is 16.5. The van der Waals surface area contributed by atoms with Gasteiger partial charge in [-0.1, -0.05) is 23.2 Å². The molecule has 0 bridgehead atoms. The number of nitrogens with zero attached hydrogens (tertiary/aromatic N) is 4. The van der Waals surface area contributed by atoms with Gasteiger partial charge in [-0.15, -0.1) is 0 Å². The van der Waals surface area contributed by atoms with Crippen LogP contribution >= 0.6 is 23.2 Å². The SMILES string of the molecule is COc1ccc2nc3cc(Cl)ccc3c(NCCCN(CCCNc3c4ccc(Cl)cc4nc4ccc(OC)cc34)C(=O)CCC(=O)N3CCOCC3)c2c1. The van der Waals surface area contributed by atoms with Gasteiger partial charge in [-0.05, 0) is 85.6 Å². The third-order valence-electron chi connectivity index (χ3n) is 9.97. The average Bonchev–Trinajstić information content (AvgIpc) is 3.21. The lowest BCUT2D eigenvalue weighted by Crippen LogP contribution is -2.41. The molecule has 0 unspecified atom stereocenters. The van der Waals surface area contributed by atoms with E-state index in [1.54, 1.807) is 19.1 Å². The van der Waals surface area contributed by atoms with E-state index < -0.39 is 0 Å². The lowest BCUT2D eigenvalue weighted by Gasteiger charge is -2.27. The Morgan fingerprint density at radius 1 is 0.691 bits per heavy atom. The van der Waals surface area contributed by atoms with Gasteiger partial charge in [0.1, 0.15) is 11.5 Å². The zero-order valence-electron chi connectivity index (χ0n) is 31.0. The van der Waals surface area contributed by atoms with Gasteiger partial charge in [-0.25, -0.2) is 9.97 Å². The quantitative estimate of drug-likeness (QED) is 0.0786. The molecule has 2 N–H and O–H groups in total. The van der Waals surface area contributed by atoms with E-state index in [1.165, 1.54) is 0 Å². The molecule has 13 heteroatoms. The molecule has 11 nitrogen and oxygen atoms in total. The Morgan fingerprint density at radius 2 is 1.20 bits per heavy atom. The summed E-state index contributed by atoms with van der Waals surface area (Å²) in [4.78, 5) is 40.1. The van der Waals surface area contributed by atoms with Crippen molar-refractivity contribution in [2.75, 3.05) is 77.3 Å². The molecule has 0 spiro atoms. The molecule has 1 aliphatic rings. The van der Waals surface area contributed by atoms with Crippen LogP contribution in [0.1, 0.15) is 25.7 Å². The van der Waals surface area contributed by atoms with Crippen LogP contribution in [0.15, 0.2) is 72.8 Å². The van der Waals surface area contributed by atoms with Crippen molar-refractivity contribution in [3.63, 3.8) is 0 Å². The molecule has 0 saturated carbocycles. The Bertz CT molecular complexity index is 2210. The highest BCUT2D eigenvalue weighted by Gasteiger charge is 2.21. The van der Waals surface area contributed by atoms with Crippen molar-refractivity contribution >= 4 is 90.0 Å². The maximum Gasteiger partial charge on any atom is 0.223 e. The Labute approximate surface area is 329 Å². The standard InChI is InChI=1S/C42H44Cl2N6O5/c1-53-29-7-11-35-33(25-29)41(31-9-5-27(43)23-37(31)47-35)45-15-3-17-49(39(51)13-14-40(52)50-19-21-55-22-20-50)18-4-16-46-42-32-10-6-28(44)24-38(32)48-36-12-8-30(54-2)26-34(36)42/h5-12,23-26H,3-4,13-22H2,1-2H3,(H,45,47)(H,46,48). The molecule has 2 amide bonds. The van der Waals surface area contributed by atoms with E-state index in [2.05, 4.69) is 10.6 Å². The molecule has 0 aliphatic carbocycles. The van der Waals surface area contributed by atoms with Gasteiger partial charge in [0.25, 0.3) is 0 Å².